The van der Waals surface area contributed by atoms with Crippen LogP contribution in [0.15, 0.2) is 29.1 Å². The number of amides is 2. The van der Waals surface area contributed by atoms with Crippen LogP contribution in [0, 0.1) is 6.92 Å². The second-order valence-corrected chi connectivity index (χ2v) is 5.48. The predicted molar refractivity (Wildman–Crippen MR) is 93.2 cm³/mol. The van der Waals surface area contributed by atoms with E-state index < -0.39 is 11.9 Å². The third-order valence-corrected chi connectivity index (χ3v) is 3.77. The largest absolute Gasteiger partial charge is 0.295 e. The molecule has 2 amide bonds. The molecule has 6 heteroatoms. The van der Waals surface area contributed by atoms with E-state index in [-0.39, 0.29) is 17.9 Å². The molecule has 0 bridgehead atoms. The summed E-state index contributed by atoms with van der Waals surface area (Å²) in [6.07, 6.45) is 11.3. The van der Waals surface area contributed by atoms with E-state index in [0.717, 1.165) is 0 Å². The van der Waals surface area contributed by atoms with E-state index in [1.165, 1.54) is 4.57 Å². The number of carbonyl (C=O) groups is 2. The van der Waals surface area contributed by atoms with Gasteiger partial charge in [-0.25, -0.2) is 4.98 Å². The third kappa shape index (κ3) is 3.59. The van der Waals surface area contributed by atoms with Gasteiger partial charge in [0.25, 0.3) is 5.56 Å². The first-order chi connectivity index (χ1) is 11.5. The molecular weight excluding hydrogens is 306 g/mol. The van der Waals surface area contributed by atoms with Crippen molar-refractivity contribution in [3.05, 3.63) is 51.7 Å². The molecule has 1 saturated heterocycles. The Labute approximate surface area is 140 Å². The molecule has 126 valence electrons. The fraction of sp³-hybridized carbons (Fsp3) is 0.333. The summed E-state index contributed by atoms with van der Waals surface area (Å²) in [4.78, 5) is 40.8. The second-order valence-electron chi connectivity index (χ2n) is 5.48. The minimum atomic E-state index is -0.708. The number of rotatable bonds is 4. The number of allylic oxidation sites excluding steroid dienone is 4. The average molecular weight is 327 g/mol. The number of imide groups is 1. The lowest BCUT2D eigenvalue weighted by molar-refractivity contribution is -0.135. The monoisotopic (exact) mass is 327 g/mol. The van der Waals surface area contributed by atoms with Gasteiger partial charge in [-0.1, -0.05) is 30.4 Å². The highest BCUT2D eigenvalue weighted by Crippen LogP contribution is 2.19. The molecule has 1 unspecified atom stereocenters. The summed E-state index contributed by atoms with van der Waals surface area (Å²) in [7, 11) is 0. The molecule has 2 heterocycles. The summed E-state index contributed by atoms with van der Waals surface area (Å²) < 4.78 is 1.38. The lowest BCUT2D eigenvalue weighted by Gasteiger charge is -2.24. The Morgan fingerprint density at radius 2 is 1.88 bits per heavy atom. The van der Waals surface area contributed by atoms with Gasteiger partial charge in [0.15, 0.2) is 0 Å². The van der Waals surface area contributed by atoms with Crippen LogP contribution in [0.5, 0.6) is 0 Å². The van der Waals surface area contributed by atoms with E-state index in [1.54, 1.807) is 25.2 Å². The fourth-order valence-corrected chi connectivity index (χ4v) is 2.68. The van der Waals surface area contributed by atoms with Gasteiger partial charge in [-0.2, -0.15) is 0 Å². The van der Waals surface area contributed by atoms with Crippen molar-refractivity contribution >= 4 is 24.0 Å². The Bertz CT molecular complexity index is 800. The first-order valence-electron chi connectivity index (χ1n) is 7.88. The lowest BCUT2D eigenvalue weighted by atomic mass is 10.0. The van der Waals surface area contributed by atoms with Gasteiger partial charge in [0.2, 0.25) is 11.8 Å². The molecule has 0 aromatic carbocycles. The van der Waals surface area contributed by atoms with Crippen LogP contribution in [0.3, 0.4) is 0 Å². The van der Waals surface area contributed by atoms with Gasteiger partial charge in [-0.05, 0) is 33.3 Å². The normalized spacial score (nSPS) is 18.9. The molecule has 0 radical (unpaired) electrons. The highest BCUT2D eigenvalue weighted by molar-refractivity contribution is 5.99. The van der Waals surface area contributed by atoms with Gasteiger partial charge in [-0.3, -0.25) is 24.3 Å². The molecule has 1 aliphatic heterocycles. The molecule has 0 spiro atoms. The van der Waals surface area contributed by atoms with E-state index in [2.05, 4.69) is 10.3 Å². The maximum absolute atomic E-state index is 12.9. The van der Waals surface area contributed by atoms with Crippen molar-refractivity contribution in [1.29, 1.82) is 0 Å². The predicted octanol–water partition coefficient (Wildman–Crippen LogP) is 2.15. The first-order valence-corrected chi connectivity index (χ1v) is 7.88. The Balaban J connectivity index is 2.58. The number of nitrogens with zero attached hydrogens (tertiary/aromatic N) is 2. The van der Waals surface area contributed by atoms with Crippen molar-refractivity contribution in [2.24, 2.45) is 0 Å². The highest BCUT2D eigenvalue weighted by Gasteiger charge is 2.30. The van der Waals surface area contributed by atoms with Gasteiger partial charge in [0.05, 0.1) is 11.3 Å². The number of aromatic nitrogens is 2. The maximum atomic E-state index is 12.9. The summed E-state index contributed by atoms with van der Waals surface area (Å²) in [5.41, 5.74) is 0.695. The molecule has 0 aliphatic carbocycles. The van der Waals surface area contributed by atoms with Crippen molar-refractivity contribution in [2.45, 2.75) is 39.7 Å². The summed E-state index contributed by atoms with van der Waals surface area (Å²) >= 11 is 0. The van der Waals surface area contributed by atoms with Gasteiger partial charge >= 0.3 is 0 Å². The Kier molecular flexibility index (Phi) is 5.63. The Hall–Kier alpha value is -2.76. The molecule has 1 N–H and O–H groups in total. The van der Waals surface area contributed by atoms with E-state index in [1.807, 2.05) is 32.1 Å². The van der Waals surface area contributed by atoms with E-state index in [4.69, 9.17) is 0 Å². The van der Waals surface area contributed by atoms with E-state index in [0.29, 0.717) is 23.5 Å². The summed E-state index contributed by atoms with van der Waals surface area (Å²) in [6, 6.07) is -0.708. The zero-order chi connectivity index (χ0) is 17.7. The zero-order valence-electron chi connectivity index (χ0n) is 14.1. The van der Waals surface area contributed by atoms with Crippen molar-refractivity contribution in [3.63, 3.8) is 0 Å². The number of hydrogen-bond acceptors (Lipinski definition) is 4. The smallest absolute Gasteiger partial charge is 0.262 e. The molecule has 2 rings (SSSR count). The van der Waals surface area contributed by atoms with Crippen LogP contribution in [0.4, 0.5) is 0 Å². The van der Waals surface area contributed by atoms with Crippen LogP contribution in [-0.2, 0) is 9.59 Å². The van der Waals surface area contributed by atoms with Gasteiger partial charge < -0.3 is 0 Å². The number of carbonyl (C=O) groups excluding carboxylic acids is 2. The van der Waals surface area contributed by atoms with Gasteiger partial charge in [0.1, 0.15) is 11.9 Å². The minimum Gasteiger partial charge on any atom is -0.295 e. The maximum Gasteiger partial charge on any atom is 0.262 e. The van der Waals surface area contributed by atoms with Crippen molar-refractivity contribution in [1.82, 2.24) is 14.9 Å². The average Bonchev–Trinajstić information content (AvgIpc) is 2.53. The summed E-state index contributed by atoms with van der Waals surface area (Å²) in [6.45, 7) is 5.41. The third-order valence-electron chi connectivity index (χ3n) is 3.77. The van der Waals surface area contributed by atoms with Crippen molar-refractivity contribution in [3.8, 4) is 0 Å². The van der Waals surface area contributed by atoms with Crippen LogP contribution >= 0.6 is 0 Å². The standard InChI is InChI=1S/C18H21N3O3/c1-4-6-7-9-14-13(8-5-2)18(24)21(12(3)19-14)15-10-11-16(22)20-17(15)23/h4-9,15H,10-11H2,1-3H3,(H,20,22,23)/b6-4+,8-5-,9-7-. The van der Waals surface area contributed by atoms with Crippen LogP contribution in [-0.4, -0.2) is 21.4 Å². The number of aryl methyl sites for hydroxylation is 1. The molecular formula is C18H21N3O3. The minimum absolute atomic E-state index is 0.212. The fourth-order valence-electron chi connectivity index (χ4n) is 2.68. The van der Waals surface area contributed by atoms with Gasteiger partial charge in [-0.15, -0.1) is 0 Å². The lowest BCUT2D eigenvalue weighted by Crippen LogP contribution is -2.45. The number of hydrogen-bond donors (Lipinski definition) is 1. The SMILES string of the molecule is C/C=C\c1c(/C=C\C=C\C)nc(C)n(C2CCC(=O)NC2=O)c1=O. The number of nitrogens with one attached hydrogen (secondary N) is 1. The van der Waals surface area contributed by atoms with E-state index >= 15 is 0 Å². The van der Waals surface area contributed by atoms with Crippen LogP contribution in [0.2, 0.25) is 0 Å². The van der Waals surface area contributed by atoms with Crippen LogP contribution in [0.25, 0.3) is 12.2 Å². The molecule has 1 aromatic rings. The van der Waals surface area contributed by atoms with Crippen LogP contribution in [0.1, 0.15) is 49.8 Å². The number of piperidine rings is 1. The quantitative estimate of drug-likeness (QED) is 0.679. The summed E-state index contributed by atoms with van der Waals surface area (Å²) in [5.74, 6) is -0.320. The van der Waals surface area contributed by atoms with E-state index in [9.17, 15) is 14.4 Å². The molecule has 1 aliphatic rings. The van der Waals surface area contributed by atoms with Crippen molar-refractivity contribution in [2.75, 3.05) is 0 Å². The molecule has 1 atom stereocenters. The molecule has 1 fully saturated rings. The topological polar surface area (TPSA) is 81.1 Å². The Morgan fingerprint density at radius 1 is 1.12 bits per heavy atom. The van der Waals surface area contributed by atoms with Gasteiger partial charge in [0, 0.05) is 6.42 Å². The van der Waals surface area contributed by atoms with Crippen LogP contribution < -0.4 is 10.9 Å². The zero-order valence-corrected chi connectivity index (χ0v) is 14.1. The second kappa shape index (κ2) is 7.68. The molecule has 6 nitrogen and oxygen atoms in total. The highest BCUT2D eigenvalue weighted by atomic mass is 16.2. The Morgan fingerprint density at radius 3 is 2.50 bits per heavy atom. The van der Waals surface area contributed by atoms with Crippen molar-refractivity contribution < 1.29 is 9.59 Å². The first kappa shape index (κ1) is 17.6. The molecule has 0 saturated carbocycles. The summed E-state index contributed by atoms with van der Waals surface area (Å²) in [5, 5.41) is 2.28. The molecule has 24 heavy (non-hydrogen) atoms. The molecule has 1 aromatic heterocycles.